The first-order chi connectivity index (χ1) is 10.8. The minimum absolute atomic E-state index is 0.130. The Hall–Kier alpha value is -2.65. The molecule has 0 aliphatic carbocycles. The Morgan fingerprint density at radius 3 is 2.43 bits per heavy atom. The Morgan fingerprint density at radius 1 is 1.22 bits per heavy atom. The molecule has 122 valence electrons. The van der Waals surface area contributed by atoms with Crippen LogP contribution >= 0.6 is 0 Å². The number of ether oxygens (including phenoxy) is 1. The molecule has 9 heteroatoms. The number of primary sulfonamides is 1. The number of sulfonamides is 1. The quantitative estimate of drug-likeness (QED) is 0.472. The summed E-state index contributed by atoms with van der Waals surface area (Å²) in [5.74, 6) is 0.594. The summed E-state index contributed by atoms with van der Waals surface area (Å²) in [5.41, 5.74) is -0.272. The molecule has 2 aromatic rings. The molecule has 0 aliphatic heterocycles. The molecule has 0 heterocycles. The SMILES string of the molecule is CC(Nc1ccc(S(N)(=O)=O)cc1[N+](=O)[O-])Oc1ccccc1. The molecule has 0 bridgehead atoms. The summed E-state index contributed by atoms with van der Waals surface area (Å²) >= 11 is 0. The van der Waals surface area contributed by atoms with Gasteiger partial charge >= 0.3 is 0 Å². The van der Waals surface area contributed by atoms with E-state index in [0.717, 1.165) is 6.07 Å². The lowest BCUT2D eigenvalue weighted by Gasteiger charge is -2.17. The summed E-state index contributed by atoms with van der Waals surface area (Å²) in [6.45, 7) is 1.67. The molecular formula is C14H15N3O5S. The summed E-state index contributed by atoms with van der Waals surface area (Å²) in [6.07, 6.45) is -0.573. The number of nitrogens with zero attached hydrogens (tertiary/aromatic N) is 1. The fraction of sp³-hybridized carbons (Fsp3) is 0.143. The molecule has 0 aliphatic rings. The largest absolute Gasteiger partial charge is 0.471 e. The van der Waals surface area contributed by atoms with E-state index in [-0.39, 0.29) is 10.6 Å². The van der Waals surface area contributed by atoms with Gasteiger partial charge in [0.2, 0.25) is 10.0 Å². The molecule has 2 rings (SSSR count). The van der Waals surface area contributed by atoms with E-state index in [1.54, 1.807) is 31.2 Å². The number of nitrogens with one attached hydrogen (secondary N) is 1. The van der Waals surface area contributed by atoms with Gasteiger partial charge in [-0.25, -0.2) is 13.6 Å². The van der Waals surface area contributed by atoms with Crippen LogP contribution in [-0.2, 0) is 10.0 Å². The molecule has 0 saturated heterocycles. The zero-order valence-corrected chi connectivity index (χ0v) is 13.0. The zero-order chi connectivity index (χ0) is 17.0. The van der Waals surface area contributed by atoms with E-state index in [0.29, 0.717) is 5.75 Å². The van der Waals surface area contributed by atoms with Gasteiger partial charge in [-0.05, 0) is 31.2 Å². The number of nitro groups is 1. The monoisotopic (exact) mass is 337 g/mol. The second-order valence-electron chi connectivity index (χ2n) is 4.70. The molecular weight excluding hydrogens is 322 g/mol. The van der Waals surface area contributed by atoms with Gasteiger partial charge in [0.15, 0.2) is 6.23 Å². The van der Waals surface area contributed by atoms with E-state index >= 15 is 0 Å². The van der Waals surface area contributed by atoms with Crippen LogP contribution in [0.5, 0.6) is 5.75 Å². The van der Waals surface area contributed by atoms with Gasteiger partial charge in [0.05, 0.1) is 9.82 Å². The highest BCUT2D eigenvalue weighted by Crippen LogP contribution is 2.28. The zero-order valence-electron chi connectivity index (χ0n) is 12.2. The van der Waals surface area contributed by atoms with Gasteiger partial charge in [-0.2, -0.15) is 0 Å². The van der Waals surface area contributed by atoms with Gasteiger partial charge in [-0.3, -0.25) is 10.1 Å². The van der Waals surface area contributed by atoms with Crippen molar-refractivity contribution >= 4 is 21.4 Å². The van der Waals surface area contributed by atoms with E-state index < -0.39 is 26.9 Å². The molecule has 2 aromatic carbocycles. The number of anilines is 1. The molecule has 8 nitrogen and oxygen atoms in total. The summed E-state index contributed by atoms with van der Waals surface area (Å²) in [5, 5.41) is 18.9. The number of hydrogen-bond donors (Lipinski definition) is 2. The molecule has 0 fully saturated rings. The number of hydrogen-bond acceptors (Lipinski definition) is 6. The Labute approximate surface area is 133 Å². The Balaban J connectivity index is 2.23. The molecule has 0 radical (unpaired) electrons. The van der Waals surface area contributed by atoms with E-state index in [4.69, 9.17) is 9.88 Å². The van der Waals surface area contributed by atoms with Crippen LogP contribution in [0.2, 0.25) is 0 Å². The van der Waals surface area contributed by atoms with E-state index in [2.05, 4.69) is 5.32 Å². The maximum absolute atomic E-state index is 11.3. The van der Waals surface area contributed by atoms with Crippen molar-refractivity contribution in [3.05, 3.63) is 58.6 Å². The van der Waals surface area contributed by atoms with Crippen LogP contribution in [-0.4, -0.2) is 19.6 Å². The predicted octanol–water partition coefficient (Wildman–Crippen LogP) is 2.08. The Kier molecular flexibility index (Phi) is 4.82. The summed E-state index contributed by atoms with van der Waals surface area (Å²) in [7, 11) is -4.02. The lowest BCUT2D eigenvalue weighted by molar-refractivity contribution is -0.384. The van der Waals surface area contributed by atoms with Gasteiger partial charge in [0.1, 0.15) is 11.4 Å². The van der Waals surface area contributed by atoms with Crippen LogP contribution < -0.4 is 15.2 Å². The minimum atomic E-state index is -4.02. The summed E-state index contributed by atoms with van der Waals surface area (Å²) in [6, 6.07) is 12.3. The van der Waals surface area contributed by atoms with Gasteiger partial charge in [0, 0.05) is 6.07 Å². The molecule has 3 N–H and O–H groups in total. The highest BCUT2D eigenvalue weighted by molar-refractivity contribution is 7.89. The third-order valence-electron chi connectivity index (χ3n) is 2.91. The van der Waals surface area contributed by atoms with Crippen molar-refractivity contribution in [1.29, 1.82) is 0 Å². The van der Waals surface area contributed by atoms with Crippen molar-refractivity contribution in [3.8, 4) is 5.75 Å². The lowest BCUT2D eigenvalue weighted by atomic mass is 10.2. The van der Waals surface area contributed by atoms with Gasteiger partial charge in [0.25, 0.3) is 5.69 Å². The third-order valence-corrected chi connectivity index (χ3v) is 3.82. The van der Waals surface area contributed by atoms with E-state index in [9.17, 15) is 18.5 Å². The lowest BCUT2D eigenvalue weighted by Crippen LogP contribution is -2.23. The number of nitro benzene ring substituents is 1. The highest BCUT2D eigenvalue weighted by atomic mass is 32.2. The fourth-order valence-corrected chi connectivity index (χ4v) is 2.45. The van der Waals surface area contributed by atoms with Crippen molar-refractivity contribution in [2.24, 2.45) is 5.14 Å². The molecule has 0 saturated carbocycles. The predicted molar refractivity (Wildman–Crippen MR) is 84.6 cm³/mol. The van der Waals surface area contributed by atoms with Crippen LogP contribution in [0, 0.1) is 10.1 Å². The number of nitrogens with two attached hydrogens (primary N) is 1. The summed E-state index contributed by atoms with van der Waals surface area (Å²) in [4.78, 5) is 10.1. The molecule has 23 heavy (non-hydrogen) atoms. The topological polar surface area (TPSA) is 125 Å². The molecule has 0 aromatic heterocycles. The minimum Gasteiger partial charge on any atom is -0.471 e. The van der Waals surface area contributed by atoms with Crippen molar-refractivity contribution in [1.82, 2.24) is 0 Å². The van der Waals surface area contributed by atoms with Crippen molar-refractivity contribution < 1.29 is 18.1 Å². The Bertz CT molecular complexity index is 808. The molecule has 0 amide bonds. The van der Waals surface area contributed by atoms with Gasteiger partial charge in [-0.15, -0.1) is 0 Å². The molecule has 0 spiro atoms. The van der Waals surface area contributed by atoms with Gasteiger partial charge in [-0.1, -0.05) is 18.2 Å². The van der Waals surface area contributed by atoms with E-state index in [1.807, 2.05) is 6.07 Å². The molecule has 1 atom stereocenters. The standard InChI is InChI=1S/C14H15N3O5S/c1-10(22-11-5-3-2-4-6-11)16-13-8-7-12(23(15,20)21)9-14(13)17(18)19/h2-10,16H,1H3,(H2,15,20,21). The second-order valence-corrected chi connectivity index (χ2v) is 6.26. The average molecular weight is 337 g/mol. The fourth-order valence-electron chi connectivity index (χ4n) is 1.91. The summed E-state index contributed by atoms with van der Waals surface area (Å²) < 4.78 is 28.2. The Morgan fingerprint density at radius 2 is 1.87 bits per heavy atom. The number of benzene rings is 2. The van der Waals surface area contributed by atoms with Crippen LogP contribution in [0.15, 0.2) is 53.4 Å². The number of rotatable bonds is 6. The van der Waals surface area contributed by atoms with Crippen LogP contribution in [0.3, 0.4) is 0 Å². The van der Waals surface area contributed by atoms with Crippen molar-refractivity contribution in [3.63, 3.8) is 0 Å². The number of para-hydroxylation sites is 1. The average Bonchev–Trinajstić information content (AvgIpc) is 2.47. The van der Waals surface area contributed by atoms with Crippen LogP contribution in [0.1, 0.15) is 6.92 Å². The van der Waals surface area contributed by atoms with E-state index in [1.165, 1.54) is 12.1 Å². The van der Waals surface area contributed by atoms with Gasteiger partial charge < -0.3 is 10.1 Å². The van der Waals surface area contributed by atoms with Crippen LogP contribution in [0.4, 0.5) is 11.4 Å². The first-order valence-electron chi connectivity index (χ1n) is 6.57. The maximum Gasteiger partial charge on any atom is 0.293 e. The normalized spacial score (nSPS) is 12.4. The molecule has 1 unspecified atom stereocenters. The highest BCUT2D eigenvalue weighted by Gasteiger charge is 2.20. The van der Waals surface area contributed by atoms with Crippen molar-refractivity contribution in [2.45, 2.75) is 18.0 Å². The van der Waals surface area contributed by atoms with Crippen molar-refractivity contribution in [2.75, 3.05) is 5.32 Å². The first kappa shape index (κ1) is 16.7. The maximum atomic E-state index is 11.3. The van der Waals surface area contributed by atoms with Crippen LogP contribution in [0.25, 0.3) is 0 Å². The smallest absolute Gasteiger partial charge is 0.293 e. The third kappa shape index (κ3) is 4.41. The first-order valence-corrected chi connectivity index (χ1v) is 8.11. The second kappa shape index (κ2) is 6.63.